The molecule has 0 aromatic heterocycles. The number of rotatable bonds is 5. The predicted octanol–water partition coefficient (Wildman–Crippen LogP) is 3.37. The topological polar surface area (TPSA) is 35.2 Å². The van der Waals surface area contributed by atoms with Crippen LogP contribution in [0.15, 0.2) is 22.7 Å². The zero-order valence-corrected chi connectivity index (χ0v) is 11.8. The first-order chi connectivity index (χ1) is 7.52. The second-order valence-electron chi connectivity index (χ2n) is 4.55. The van der Waals surface area contributed by atoms with Crippen molar-refractivity contribution in [1.29, 1.82) is 0 Å². The van der Waals surface area contributed by atoms with E-state index in [2.05, 4.69) is 29.8 Å². The first-order valence-electron chi connectivity index (χ1n) is 5.61. The highest BCUT2D eigenvalue weighted by molar-refractivity contribution is 9.10. The van der Waals surface area contributed by atoms with Crippen LogP contribution in [0.3, 0.4) is 0 Å². The summed E-state index contributed by atoms with van der Waals surface area (Å²) >= 11 is 3.54. The molecule has 0 saturated heterocycles. The van der Waals surface area contributed by atoms with Crippen LogP contribution in [0.5, 0.6) is 5.75 Å². The van der Waals surface area contributed by atoms with Crippen molar-refractivity contribution in [2.75, 3.05) is 7.11 Å². The highest BCUT2D eigenvalue weighted by atomic mass is 79.9. The summed E-state index contributed by atoms with van der Waals surface area (Å²) in [5.41, 5.74) is 7.32. The van der Waals surface area contributed by atoms with Crippen LogP contribution >= 0.6 is 15.9 Å². The average Bonchev–Trinajstić information content (AvgIpc) is 2.20. The van der Waals surface area contributed by atoms with E-state index in [-0.39, 0.29) is 6.04 Å². The van der Waals surface area contributed by atoms with Crippen LogP contribution in [-0.4, -0.2) is 13.2 Å². The van der Waals surface area contributed by atoms with Gasteiger partial charge in [0.2, 0.25) is 0 Å². The van der Waals surface area contributed by atoms with Gasteiger partial charge in [-0.3, -0.25) is 0 Å². The molecule has 0 amide bonds. The molecular formula is C13H20BrNO. The minimum Gasteiger partial charge on any atom is -0.497 e. The van der Waals surface area contributed by atoms with E-state index in [1.165, 1.54) is 5.56 Å². The van der Waals surface area contributed by atoms with Gasteiger partial charge in [-0.25, -0.2) is 0 Å². The lowest BCUT2D eigenvalue weighted by Crippen LogP contribution is -2.24. The molecule has 0 saturated carbocycles. The summed E-state index contributed by atoms with van der Waals surface area (Å²) in [7, 11) is 1.68. The molecule has 0 bridgehead atoms. The Balaban J connectivity index is 2.71. The van der Waals surface area contributed by atoms with Crippen molar-refractivity contribution in [1.82, 2.24) is 0 Å². The minimum atomic E-state index is 0.211. The largest absolute Gasteiger partial charge is 0.497 e. The van der Waals surface area contributed by atoms with Crippen LogP contribution in [0, 0.1) is 5.92 Å². The molecule has 90 valence electrons. The molecule has 0 radical (unpaired) electrons. The van der Waals surface area contributed by atoms with E-state index in [1.807, 2.05) is 18.2 Å². The number of nitrogens with two attached hydrogens (primary N) is 1. The van der Waals surface area contributed by atoms with Crippen LogP contribution < -0.4 is 10.5 Å². The predicted molar refractivity (Wildman–Crippen MR) is 71.8 cm³/mol. The SMILES string of the molecule is COc1ccc(Br)c(CC(N)CC(C)C)c1. The summed E-state index contributed by atoms with van der Waals surface area (Å²) < 4.78 is 6.32. The Hall–Kier alpha value is -0.540. The minimum absolute atomic E-state index is 0.211. The normalized spacial score (nSPS) is 12.9. The molecule has 0 aliphatic rings. The lowest BCUT2D eigenvalue weighted by Gasteiger charge is -2.15. The molecule has 0 fully saturated rings. The third-order valence-electron chi connectivity index (χ3n) is 2.51. The number of methoxy groups -OCH3 is 1. The molecule has 0 heterocycles. The van der Waals surface area contributed by atoms with E-state index in [0.717, 1.165) is 23.1 Å². The number of ether oxygens (including phenoxy) is 1. The highest BCUT2D eigenvalue weighted by Crippen LogP contribution is 2.24. The number of halogens is 1. The van der Waals surface area contributed by atoms with E-state index in [9.17, 15) is 0 Å². The van der Waals surface area contributed by atoms with E-state index in [0.29, 0.717) is 5.92 Å². The first-order valence-corrected chi connectivity index (χ1v) is 6.40. The van der Waals surface area contributed by atoms with Crippen molar-refractivity contribution < 1.29 is 4.74 Å². The Morgan fingerprint density at radius 2 is 2.06 bits per heavy atom. The average molecular weight is 286 g/mol. The van der Waals surface area contributed by atoms with Crippen LogP contribution in [0.25, 0.3) is 0 Å². The van der Waals surface area contributed by atoms with Gasteiger partial charge in [0.1, 0.15) is 5.75 Å². The number of hydrogen-bond donors (Lipinski definition) is 1. The van der Waals surface area contributed by atoms with Crippen LogP contribution in [0.4, 0.5) is 0 Å². The fraction of sp³-hybridized carbons (Fsp3) is 0.538. The van der Waals surface area contributed by atoms with Crippen LogP contribution in [0.1, 0.15) is 25.8 Å². The molecule has 3 heteroatoms. The Labute approximate surface area is 106 Å². The first kappa shape index (κ1) is 13.5. The Morgan fingerprint density at radius 3 is 2.62 bits per heavy atom. The lowest BCUT2D eigenvalue weighted by molar-refractivity contribution is 0.413. The second kappa shape index (κ2) is 6.26. The summed E-state index contributed by atoms with van der Waals surface area (Å²) in [5.74, 6) is 1.52. The molecule has 1 aromatic rings. The zero-order chi connectivity index (χ0) is 12.1. The van der Waals surface area contributed by atoms with Gasteiger partial charge >= 0.3 is 0 Å². The zero-order valence-electron chi connectivity index (χ0n) is 10.2. The van der Waals surface area contributed by atoms with Gasteiger partial charge in [0, 0.05) is 10.5 Å². The van der Waals surface area contributed by atoms with Gasteiger partial charge in [-0.05, 0) is 42.5 Å². The quantitative estimate of drug-likeness (QED) is 0.900. The molecule has 1 aromatic carbocycles. The van der Waals surface area contributed by atoms with E-state index in [1.54, 1.807) is 7.11 Å². The fourth-order valence-corrected chi connectivity index (χ4v) is 2.21. The number of hydrogen-bond acceptors (Lipinski definition) is 2. The van der Waals surface area contributed by atoms with Crippen molar-refractivity contribution >= 4 is 15.9 Å². The van der Waals surface area contributed by atoms with Gasteiger partial charge in [-0.15, -0.1) is 0 Å². The fourth-order valence-electron chi connectivity index (χ4n) is 1.81. The smallest absolute Gasteiger partial charge is 0.119 e. The molecule has 2 nitrogen and oxygen atoms in total. The molecule has 1 rings (SSSR count). The molecule has 0 aliphatic carbocycles. The Bertz CT molecular complexity index is 339. The van der Waals surface area contributed by atoms with Gasteiger partial charge in [-0.1, -0.05) is 29.8 Å². The lowest BCUT2D eigenvalue weighted by atomic mass is 9.98. The molecule has 2 N–H and O–H groups in total. The van der Waals surface area contributed by atoms with E-state index in [4.69, 9.17) is 10.5 Å². The summed E-state index contributed by atoms with van der Waals surface area (Å²) in [5, 5.41) is 0. The van der Waals surface area contributed by atoms with Crippen LogP contribution in [-0.2, 0) is 6.42 Å². The molecule has 0 aliphatic heterocycles. The third kappa shape index (κ3) is 4.14. The maximum absolute atomic E-state index is 6.11. The van der Waals surface area contributed by atoms with Gasteiger partial charge in [-0.2, -0.15) is 0 Å². The van der Waals surface area contributed by atoms with Crippen LogP contribution in [0.2, 0.25) is 0 Å². The highest BCUT2D eigenvalue weighted by Gasteiger charge is 2.09. The molecule has 0 spiro atoms. The van der Waals surface area contributed by atoms with Gasteiger partial charge in [0.25, 0.3) is 0 Å². The Morgan fingerprint density at radius 1 is 1.38 bits per heavy atom. The monoisotopic (exact) mass is 285 g/mol. The van der Waals surface area contributed by atoms with Gasteiger partial charge in [0.15, 0.2) is 0 Å². The van der Waals surface area contributed by atoms with Crippen molar-refractivity contribution in [3.8, 4) is 5.75 Å². The third-order valence-corrected chi connectivity index (χ3v) is 3.28. The maximum Gasteiger partial charge on any atom is 0.119 e. The van der Waals surface area contributed by atoms with E-state index >= 15 is 0 Å². The second-order valence-corrected chi connectivity index (χ2v) is 5.41. The van der Waals surface area contributed by atoms with Gasteiger partial charge < -0.3 is 10.5 Å². The summed E-state index contributed by atoms with van der Waals surface area (Å²) in [4.78, 5) is 0. The van der Waals surface area contributed by atoms with Crippen molar-refractivity contribution in [3.05, 3.63) is 28.2 Å². The number of benzene rings is 1. The summed E-state index contributed by atoms with van der Waals surface area (Å²) in [6.45, 7) is 4.39. The summed E-state index contributed by atoms with van der Waals surface area (Å²) in [6.07, 6.45) is 1.93. The maximum atomic E-state index is 6.11. The van der Waals surface area contributed by atoms with Gasteiger partial charge in [0.05, 0.1) is 7.11 Å². The molecule has 16 heavy (non-hydrogen) atoms. The standard InChI is InChI=1S/C13H20BrNO/c1-9(2)6-11(15)7-10-8-12(16-3)4-5-13(10)14/h4-5,8-9,11H,6-7,15H2,1-3H3. The summed E-state index contributed by atoms with van der Waals surface area (Å²) in [6, 6.07) is 6.21. The molecular weight excluding hydrogens is 266 g/mol. The molecule has 1 atom stereocenters. The van der Waals surface area contributed by atoms with Crippen molar-refractivity contribution in [2.24, 2.45) is 11.7 Å². The van der Waals surface area contributed by atoms with Crippen molar-refractivity contribution in [2.45, 2.75) is 32.7 Å². The Kier molecular flexibility index (Phi) is 5.29. The molecule has 1 unspecified atom stereocenters. The van der Waals surface area contributed by atoms with Crippen molar-refractivity contribution in [3.63, 3.8) is 0 Å². The van der Waals surface area contributed by atoms with E-state index < -0.39 is 0 Å².